The van der Waals surface area contributed by atoms with E-state index in [2.05, 4.69) is 36.4 Å². The van der Waals surface area contributed by atoms with Crippen molar-refractivity contribution < 1.29 is 22.4 Å². The Hall–Kier alpha value is -2.17. The Bertz CT molecular complexity index is 680. The average Bonchev–Trinajstić information content (AvgIpc) is 2.64. The van der Waals surface area contributed by atoms with E-state index in [9.17, 15) is 22.4 Å². The molecule has 1 nitrogen and oxygen atoms in total. The Balaban J connectivity index is 0.000000431. The lowest BCUT2D eigenvalue weighted by Gasteiger charge is -2.25. The third kappa shape index (κ3) is 5.17. The van der Waals surface area contributed by atoms with Crippen molar-refractivity contribution in [3.8, 4) is 0 Å². The molecule has 136 valence electrons. The maximum atomic E-state index is 10.4. The first kappa shape index (κ1) is 20.2. The maximum Gasteiger partial charge on any atom is 0.673 e. The van der Waals surface area contributed by atoms with Gasteiger partial charge in [-0.2, -0.15) is 0 Å². The first-order valence-electron chi connectivity index (χ1n) is 7.91. The van der Waals surface area contributed by atoms with Crippen molar-refractivity contribution in [1.82, 2.24) is 0 Å². The minimum absolute atomic E-state index is 0.144. The summed E-state index contributed by atoms with van der Waals surface area (Å²) >= 11 is 0. The topological polar surface area (TPSA) is 20.2 Å². The monoisotopic (exact) mass is 380 g/mol. The molecular formula is C19H18BF4OP. The molecule has 0 saturated heterocycles. The Morgan fingerprint density at radius 2 is 0.808 bits per heavy atom. The fraction of sp³-hybridized carbons (Fsp3) is 0.0526. The highest BCUT2D eigenvalue weighted by atomic mass is 31.2. The molecule has 3 aromatic rings. The molecule has 0 aliphatic rings. The third-order valence-corrected chi connectivity index (χ3v) is 7.77. The van der Waals surface area contributed by atoms with E-state index in [0.29, 0.717) is 0 Å². The van der Waals surface area contributed by atoms with Crippen LogP contribution in [-0.4, -0.2) is 18.7 Å². The van der Waals surface area contributed by atoms with Crippen LogP contribution in [-0.2, 0) is 0 Å². The molecule has 0 atom stereocenters. The van der Waals surface area contributed by atoms with Gasteiger partial charge in [-0.05, 0) is 36.4 Å². The van der Waals surface area contributed by atoms with Crippen molar-refractivity contribution in [3.63, 3.8) is 0 Å². The van der Waals surface area contributed by atoms with E-state index in [1.165, 1.54) is 15.9 Å². The van der Waals surface area contributed by atoms with Gasteiger partial charge in [-0.3, -0.25) is 0 Å². The number of rotatable bonds is 4. The standard InChI is InChI=1S/C19H18OP.BF4/c20-16-21(17-10-4-1-5-11-17,18-12-6-2-7-13-18)19-14-8-3-9-15-19;2-1(3,4)5/h1-15,20H,16H2;/q+1;-1. The number of aliphatic hydroxyl groups is 1. The summed E-state index contributed by atoms with van der Waals surface area (Å²) in [4.78, 5) is 0. The van der Waals surface area contributed by atoms with Gasteiger partial charge in [0.15, 0.2) is 6.35 Å². The number of benzene rings is 3. The van der Waals surface area contributed by atoms with Gasteiger partial charge in [0, 0.05) is 0 Å². The van der Waals surface area contributed by atoms with Crippen molar-refractivity contribution in [1.29, 1.82) is 0 Å². The highest BCUT2D eigenvalue weighted by molar-refractivity contribution is 7.95. The van der Waals surface area contributed by atoms with E-state index in [-0.39, 0.29) is 6.35 Å². The highest BCUT2D eigenvalue weighted by Crippen LogP contribution is 2.54. The molecule has 1 N–H and O–H groups in total. The van der Waals surface area contributed by atoms with Gasteiger partial charge in [0.25, 0.3) is 0 Å². The summed E-state index contributed by atoms with van der Waals surface area (Å²) in [5.41, 5.74) is 0. The molecule has 0 aliphatic carbocycles. The molecule has 0 bridgehead atoms. The van der Waals surface area contributed by atoms with Crippen molar-refractivity contribution in [3.05, 3.63) is 91.0 Å². The summed E-state index contributed by atoms with van der Waals surface area (Å²) in [5, 5.41) is 14.0. The predicted octanol–water partition coefficient (Wildman–Crippen LogP) is 4.23. The SMILES string of the molecule is F[B-](F)(F)F.OC[P+](c1ccccc1)(c1ccccc1)c1ccccc1. The second-order valence-corrected chi connectivity index (χ2v) is 8.90. The summed E-state index contributed by atoms with van der Waals surface area (Å²) in [5.74, 6) is 0. The smallest absolute Gasteiger partial charge is 0.418 e. The van der Waals surface area contributed by atoms with Crippen LogP contribution in [0.25, 0.3) is 0 Å². The van der Waals surface area contributed by atoms with Crippen LogP contribution < -0.4 is 15.9 Å². The second kappa shape index (κ2) is 8.97. The Labute approximate surface area is 150 Å². The van der Waals surface area contributed by atoms with Crippen molar-refractivity contribution in [2.45, 2.75) is 0 Å². The van der Waals surface area contributed by atoms with Crippen LogP contribution in [0.4, 0.5) is 17.3 Å². The Morgan fingerprint density at radius 1 is 0.577 bits per heavy atom. The van der Waals surface area contributed by atoms with Crippen LogP contribution >= 0.6 is 7.26 Å². The van der Waals surface area contributed by atoms with E-state index in [0.717, 1.165) is 0 Å². The summed E-state index contributed by atoms with van der Waals surface area (Å²) in [6.45, 7) is 0. The summed E-state index contributed by atoms with van der Waals surface area (Å²) in [7, 11) is -7.98. The van der Waals surface area contributed by atoms with Gasteiger partial charge in [0.2, 0.25) is 0 Å². The molecule has 0 aromatic heterocycles. The van der Waals surface area contributed by atoms with E-state index in [1.807, 2.05) is 54.6 Å². The third-order valence-electron chi connectivity index (χ3n) is 3.80. The molecule has 0 saturated carbocycles. The zero-order valence-corrected chi connectivity index (χ0v) is 14.7. The van der Waals surface area contributed by atoms with E-state index < -0.39 is 14.5 Å². The summed E-state index contributed by atoms with van der Waals surface area (Å²) in [6.07, 6.45) is 0.144. The van der Waals surface area contributed by atoms with Gasteiger partial charge < -0.3 is 22.4 Å². The lowest BCUT2D eigenvalue weighted by atomic mass is 10.3. The van der Waals surface area contributed by atoms with Crippen molar-refractivity contribution >= 4 is 30.4 Å². The normalized spacial score (nSPS) is 11.4. The summed E-state index contributed by atoms with van der Waals surface area (Å²) in [6, 6.07) is 31.1. The molecule has 0 unspecified atom stereocenters. The van der Waals surface area contributed by atoms with Crippen LogP contribution in [0.3, 0.4) is 0 Å². The second-order valence-electron chi connectivity index (χ2n) is 5.45. The molecule has 7 heteroatoms. The van der Waals surface area contributed by atoms with E-state index in [4.69, 9.17) is 0 Å². The molecule has 3 rings (SSSR count). The average molecular weight is 380 g/mol. The number of aliphatic hydroxyl groups excluding tert-OH is 1. The highest BCUT2D eigenvalue weighted by Gasteiger charge is 2.44. The van der Waals surface area contributed by atoms with Gasteiger partial charge in [0.1, 0.15) is 23.2 Å². The molecule has 3 aromatic carbocycles. The first-order chi connectivity index (χ1) is 12.4. The quantitative estimate of drug-likeness (QED) is 0.408. The molecule has 26 heavy (non-hydrogen) atoms. The molecular weight excluding hydrogens is 362 g/mol. The first-order valence-corrected chi connectivity index (χ1v) is 9.88. The lowest BCUT2D eigenvalue weighted by Crippen LogP contribution is -2.33. The molecule has 0 fully saturated rings. The van der Waals surface area contributed by atoms with Gasteiger partial charge in [-0.25, -0.2) is 0 Å². The minimum Gasteiger partial charge on any atom is -0.418 e. The minimum atomic E-state index is -6.00. The van der Waals surface area contributed by atoms with Gasteiger partial charge in [0.05, 0.1) is 0 Å². The lowest BCUT2D eigenvalue weighted by molar-refractivity contribution is 0.368. The molecule has 0 radical (unpaired) electrons. The largest absolute Gasteiger partial charge is 0.673 e. The van der Waals surface area contributed by atoms with Gasteiger partial charge in [-0.15, -0.1) is 0 Å². The Morgan fingerprint density at radius 3 is 1.00 bits per heavy atom. The summed E-state index contributed by atoms with van der Waals surface area (Å²) < 4.78 is 39.0. The van der Waals surface area contributed by atoms with Crippen LogP contribution in [0.2, 0.25) is 0 Å². The molecule has 0 spiro atoms. The maximum absolute atomic E-state index is 10.4. The molecule has 0 amide bonds. The fourth-order valence-electron chi connectivity index (χ4n) is 2.74. The van der Waals surface area contributed by atoms with Gasteiger partial charge >= 0.3 is 7.25 Å². The fourth-order valence-corrected chi connectivity index (χ4v) is 6.17. The Kier molecular flexibility index (Phi) is 6.95. The van der Waals surface area contributed by atoms with E-state index >= 15 is 0 Å². The van der Waals surface area contributed by atoms with Gasteiger partial charge in [-0.1, -0.05) is 54.6 Å². The molecule has 0 aliphatic heterocycles. The molecule has 0 heterocycles. The van der Waals surface area contributed by atoms with Crippen LogP contribution in [0.15, 0.2) is 91.0 Å². The van der Waals surface area contributed by atoms with Crippen LogP contribution in [0, 0.1) is 0 Å². The van der Waals surface area contributed by atoms with Crippen molar-refractivity contribution in [2.75, 3.05) is 6.35 Å². The number of halogens is 4. The zero-order chi connectivity index (χ0) is 19.0. The number of hydrogen-bond donors (Lipinski definition) is 1. The zero-order valence-electron chi connectivity index (χ0n) is 13.9. The van der Waals surface area contributed by atoms with Crippen LogP contribution in [0.5, 0.6) is 0 Å². The van der Waals surface area contributed by atoms with Crippen molar-refractivity contribution in [2.24, 2.45) is 0 Å². The van der Waals surface area contributed by atoms with E-state index in [1.54, 1.807) is 0 Å². The predicted molar refractivity (Wildman–Crippen MR) is 102 cm³/mol. The van der Waals surface area contributed by atoms with Crippen LogP contribution in [0.1, 0.15) is 0 Å². The number of hydrogen-bond acceptors (Lipinski definition) is 1.